The summed E-state index contributed by atoms with van der Waals surface area (Å²) in [6.45, 7) is 1.80. The molecule has 0 fully saturated rings. The van der Waals surface area contributed by atoms with E-state index in [2.05, 4.69) is 40.3 Å². The Morgan fingerprint density at radius 1 is 0.947 bits per heavy atom. The predicted octanol–water partition coefficient (Wildman–Crippen LogP) is 4.41. The number of halogens is 1. The van der Waals surface area contributed by atoms with Crippen molar-refractivity contribution in [3.8, 4) is 0 Å². The van der Waals surface area contributed by atoms with E-state index in [1.54, 1.807) is 0 Å². The highest BCUT2D eigenvalue weighted by atomic mass is 35.5. The molecule has 1 heterocycles. The number of anilines is 1. The second-order valence-corrected chi connectivity index (χ2v) is 4.88. The van der Waals surface area contributed by atoms with E-state index in [9.17, 15) is 0 Å². The molecule has 0 radical (unpaired) electrons. The third kappa shape index (κ3) is 2.59. The van der Waals surface area contributed by atoms with Gasteiger partial charge in [-0.15, -0.1) is 0 Å². The molecular weight excluding hydrogens is 256 g/mol. The molecule has 19 heavy (non-hydrogen) atoms. The number of hydrogen-bond donors (Lipinski definition) is 1. The van der Waals surface area contributed by atoms with Crippen LogP contribution in [0.5, 0.6) is 0 Å². The normalized spacial score (nSPS) is 10.8. The molecule has 0 aliphatic rings. The van der Waals surface area contributed by atoms with Gasteiger partial charge < -0.3 is 9.88 Å². The molecule has 0 saturated carbocycles. The molecule has 1 aromatic heterocycles. The lowest BCUT2D eigenvalue weighted by atomic mass is 10.2. The maximum atomic E-state index is 6.17. The summed E-state index contributed by atoms with van der Waals surface area (Å²) in [5, 5.41) is 5.34. The predicted molar refractivity (Wildman–Crippen MR) is 81.9 cm³/mol. The summed E-state index contributed by atoms with van der Waals surface area (Å²) in [5.41, 5.74) is 2.33. The van der Waals surface area contributed by atoms with Gasteiger partial charge in [0.25, 0.3) is 0 Å². The summed E-state index contributed by atoms with van der Waals surface area (Å²) in [6.07, 6.45) is 2.09. The first-order valence-electron chi connectivity index (χ1n) is 6.37. The number of para-hydroxylation sites is 1. The standard InChI is InChI=1S/C16H15ClN2/c17-15-7-4-8-16-14(15)9-11-19(16)12-10-18-13-5-2-1-3-6-13/h1-9,11,18H,10,12H2. The molecule has 0 bridgehead atoms. The Balaban J connectivity index is 1.71. The van der Waals surface area contributed by atoms with Crippen molar-refractivity contribution < 1.29 is 0 Å². The minimum Gasteiger partial charge on any atom is -0.383 e. The van der Waals surface area contributed by atoms with E-state index in [4.69, 9.17) is 11.6 Å². The van der Waals surface area contributed by atoms with Crippen molar-refractivity contribution in [3.63, 3.8) is 0 Å². The van der Waals surface area contributed by atoms with Crippen molar-refractivity contribution in [3.05, 3.63) is 65.8 Å². The maximum Gasteiger partial charge on any atom is 0.0499 e. The van der Waals surface area contributed by atoms with Crippen molar-refractivity contribution in [2.75, 3.05) is 11.9 Å². The van der Waals surface area contributed by atoms with Gasteiger partial charge in [-0.2, -0.15) is 0 Å². The molecule has 2 aromatic carbocycles. The summed E-state index contributed by atoms with van der Waals surface area (Å²) in [5.74, 6) is 0. The van der Waals surface area contributed by atoms with Gasteiger partial charge in [-0.25, -0.2) is 0 Å². The van der Waals surface area contributed by atoms with Crippen LogP contribution in [0.25, 0.3) is 10.9 Å². The van der Waals surface area contributed by atoms with Gasteiger partial charge in [0.15, 0.2) is 0 Å². The van der Waals surface area contributed by atoms with E-state index in [0.717, 1.165) is 29.2 Å². The van der Waals surface area contributed by atoms with Crippen LogP contribution in [0.2, 0.25) is 5.02 Å². The largest absolute Gasteiger partial charge is 0.383 e. The van der Waals surface area contributed by atoms with Crippen LogP contribution in [0.15, 0.2) is 60.8 Å². The second kappa shape index (κ2) is 5.37. The van der Waals surface area contributed by atoms with E-state index >= 15 is 0 Å². The third-order valence-electron chi connectivity index (χ3n) is 3.22. The minimum absolute atomic E-state index is 0.812. The van der Waals surface area contributed by atoms with Crippen LogP contribution in [0.4, 0.5) is 5.69 Å². The molecule has 3 heteroatoms. The summed E-state index contributed by atoms with van der Waals surface area (Å²) >= 11 is 6.17. The highest BCUT2D eigenvalue weighted by Crippen LogP contribution is 2.24. The first-order chi connectivity index (χ1) is 9.34. The van der Waals surface area contributed by atoms with Gasteiger partial charge in [0.1, 0.15) is 0 Å². The summed E-state index contributed by atoms with van der Waals surface area (Å²) < 4.78 is 2.22. The number of aromatic nitrogens is 1. The molecule has 0 saturated heterocycles. The lowest BCUT2D eigenvalue weighted by Crippen LogP contribution is -2.09. The van der Waals surface area contributed by atoms with Gasteiger partial charge >= 0.3 is 0 Å². The number of benzene rings is 2. The number of nitrogens with one attached hydrogen (secondary N) is 1. The zero-order valence-electron chi connectivity index (χ0n) is 10.5. The van der Waals surface area contributed by atoms with Gasteiger partial charge in [0.05, 0.1) is 0 Å². The van der Waals surface area contributed by atoms with Crippen molar-refractivity contribution >= 4 is 28.2 Å². The van der Waals surface area contributed by atoms with Crippen molar-refractivity contribution in [1.29, 1.82) is 0 Å². The molecule has 0 spiro atoms. The highest BCUT2D eigenvalue weighted by Gasteiger charge is 2.03. The van der Waals surface area contributed by atoms with E-state index in [1.807, 2.05) is 30.3 Å². The first-order valence-corrected chi connectivity index (χ1v) is 6.75. The third-order valence-corrected chi connectivity index (χ3v) is 3.55. The smallest absolute Gasteiger partial charge is 0.0499 e. The van der Waals surface area contributed by atoms with E-state index in [-0.39, 0.29) is 0 Å². The van der Waals surface area contributed by atoms with E-state index in [1.165, 1.54) is 5.52 Å². The van der Waals surface area contributed by atoms with Crippen LogP contribution < -0.4 is 5.32 Å². The van der Waals surface area contributed by atoms with Crippen molar-refractivity contribution in [2.24, 2.45) is 0 Å². The SMILES string of the molecule is Clc1cccc2c1ccn2CCNc1ccccc1. The lowest BCUT2D eigenvalue weighted by molar-refractivity contribution is 0.757. The topological polar surface area (TPSA) is 17.0 Å². The van der Waals surface area contributed by atoms with Crippen LogP contribution in [-0.4, -0.2) is 11.1 Å². The number of nitrogens with zero attached hydrogens (tertiary/aromatic N) is 1. The van der Waals surface area contributed by atoms with Crippen LogP contribution in [-0.2, 0) is 6.54 Å². The van der Waals surface area contributed by atoms with Gasteiger partial charge in [0, 0.05) is 40.9 Å². The Morgan fingerprint density at radius 3 is 2.63 bits per heavy atom. The molecule has 0 atom stereocenters. The Morgan fingerprint density at radius 2 is 1.79 bits per heavy atom. The fraction of sp³-hybridized carbons (Fsp3) is 0.125. The Hall–Kier alpha value is -1.93. The molecule has 1 N–H and O–H groups in total. The summed E-state index contributed by atoms with van der Waals surface area (Å²) in [7, 11) is 0. The molecule has 96 valence electrons. The van der Waals surface area contributed by atoms with Gasteiger partial charge in [-0.3, -0.25) is 0 Å². The molecule has 0 aliphatic carbocycles. The molecule has 0 aliphatic heterocycles. The lowest BCUT2D eigenvalue weighted by Gasteiger charge is -2.08. The number of fused-ring (bicyclic) bond motifs is 1. The minimum atomic E-state index is 0.812. The van der Waals surface area contributed by atoms with Crippen molar-refractivity contribution in [1.82, 2.24) is 4.57 Å². The first kappa shape index (κ1) is 12.1. The van der Waals surface area contributed by atoms with Crippen LogP contribution in [0.1, 0.15) is 0 Å². The average Bonchev–Trinajstić information content (AvgIpc) is 2.85. The number of hydrogen-bond acceptors (Lipinski definition) is 1. The maximum absolute atomic E-state index is 6.17. The molecular formula is C16H15ClN2. The highest BCUT2D eigenvalue weighted by molar-refractivity contribution is 6.35. The Kier molecular flexibility index (Phi) is 3.43. The van der Waals surface area contributed by atoms with Crippen LogP contribution >= 0.6 is 11.6 Å². The van der Waals surface area contributed by atoms with Crippen LogP contribution in [0.3, 0.4) is 0 Å². The Labute approximate surface area is 117 Å². The van der Waals surface area contributed by atoms with Crippen molar-refractivity contribution in [2.45, 2.75) is 6.54 Å². The zero-order valence-corrected chi connectivity index (χ0v) is 11.3. The monoisotopic (exact) mass is 270 g/mol. The zero-order chi connectivity index (χ0) is 13.1. The Bertz CT molecular complexity index is 674. The quantitative estimate of drug-likeness (QED) is 0.743. The average molecular weight is 271 g/mol. The molecule has 3 rings (SSSR count). The van der Waals surface area contributed by atoms with Crippen LogP contribution in [0, 0.1) is 0 Å². The molecule has 2 nitrogen and oxygen atoms in total. The fourth-order valence-electron chi connectivity index (χ4n) is 2.26. The second-order valence-electron chi connectivity index (χ2n) is 4.47. The summed E-state index contributed by atoms with van der Waals surface area (Å²) in [6, 6.07) is 18.3. The van der Waals surface area contributed by atoms with E-state index in [0.29, 0.717) is 0 Å². The van der Waals surface area contributed by atoms with E-state index < -0.39 is 0 Å². The molecule has 0 unspecified atom stereocenters. The number of rotatable bonds is 4. The van der Waals surface area contributed by atoms with Gasteiger partial charge in [0.2, 0.25) is 0 Å². The summed E-state index contributed by atoms with van der Waals surface area (Å²) in [4.78, 5) is 0. The van der Waals surface area contributed by atoms with Gasteiger partial charge in [-0.05, 0) is 30.3 Å². The molecule has 3 aromatic rings. The molecule has 0 amide bonds. The fourth-order valence-corrected chi connectivity index (χ4v) is 2.49. The van der Waals surface area contributed by atoms with Gasteiger partial charge in [-0.1, -0.05) is 35.9 Å².